The van der Waals surface area contributed by atoms with Crippen LogP contribution in [0.2, 0.25) is 0 Å². The average Bonchev–Trinajstić information content (AvgIpc) is 2.91. The molecule has 128 valence electrons. The van der Waals surface area contributed by atoms with E-state index in [9.17, 15) is 4.79 Å². The number of ether oxygens (including phenoxy) is 2. The highest BCUT2D eigenvalue weighted by Crippen LogP contribution is 2.37. The molecular formula is C17H32N2O3. The van der Waals surface area contributed by atoms with Crippen molar-refractivity contribution in [1.82, 2.24) is 10.2 Å². The van der Waals surface area contributed by atoms with Gasteiger partial charge in [0.25, 0.3) is 0 Å². The maximum Gasteiger partial charge on any atom is 0.410 e. The molecule has 0 aromatic carbocycles. The van der Waals surface area contributed by atoms with E-state index in [1.54, 1.807) is 12.0 Å². The van der Waals surface area contributed by atoms with Crippen molar-refractivity contribution in [2.24, 2.45) is 5.41 Å². The number of carbonyl (C=O) groups excluding carboxylic acids is 1. The standard InChI is InChI=1S/C17H32N2O3/c1-16(2,3)22-15(20)19-10-13(14(11-19)21-6)18-12-7-8-17(4,5)9-12/h12-14,18H,7-11H2,1-6H3/t12?,13?,14-/m0/s1. The van der Waals surface area contributed by atoms with Gasteiger partial charge >= 0.3 is 6.09 Å². The molecule has 1 heterocycles. The maximum absolute atomic E-state index is 12.2. The number of methoxy groups -OCH3 is 1. The fourth-order valence-corrected chi connectivity index (χ4v) is 3.53. The van der Waals surface area contributed by atoms with Crippen LogP contribution in [0.15, 0.2) is 0 Å². The molecule has 2 aliphatic rings. The summed E-state index contributed by atoms with van der Waals surface area (Å²) in [6, 6.07) is 0.715. The van der Waals surface area contributed by atoms with E-state index >= 15 is 0 Å². The molecule has 0 bridgehead atoms. The summed E-state index contributed by atoms with van der Waals surface area (Å²) in [5, 5.41) is 3.71. The highest BCUT2D eigenvalue weighted by atomic mass is 16.6. The molecule has 0 radical (unpaired) electrons. The first-order valence-corrected chi connectivity index (χ1v) is 8.36. The molecule has 1 amide bonds. The molecule has 3 atom stereocenters. The van der Waals surface area contributed by atoms with Crippen molar-refractivity contribution in [3.8, 4) is 0 Å². The van der Waals surface area contributed by atoms with E-state index in [1.165, 1.54) is 19.3 Å². The third-order valence-corrected chi connectivity index (χ3v) is 4.64. The van der Waals surface area contributed by atoms with Crippen molar-refractivity contribution < 1.29 is 14.3 Å². The Kier molecular flexibility index (Phi) is 5.07. The lowest BCUT2D eigenvalue weighted by Crippen LogP contribution is -2.45. The molecule has 1 aliphatic carbocycles. The summed E-state index contributed by atoms with van der Waals surface area (Å²) in [5.74, 6) is 0. The third-order valence-electron chi connectivity index (χ3n) is 4.64. The molecule has 0 aromatic rings. The van der Waals surface area contributed by atoms with E-state index in [4.69, 9.17) is 9.47 Å². The van der Waals surface area contributed by atoms with Crippen LogP contribution in [0.25, 0.3) is 0 Å². The van der Waals surface area contributed by atoms with E-state index in [1.807, 2.05) is 20.8 Å². The maximum atomic E-state index is 12.2. The predicted octanol–water partition coefficient (Wildman–Crippen LogP) is 2.79. The molecular weight excluding hydrogens is 280 g/mol. The number of hydrogen-bond acceptors (Lipinski definition) is 4. The van der Waals surface area contributed by atoms with Crippen molar-refractivity contribution in [2.75, 3.05) is 20.2 Å². The van der Waals surface area contributed by atoms with Crippen LogP contribution in [0, 0.1) is 5.41 Å². The summed E-state index contributed by atoms with van der Waals surface area (Å²) in [4.78, 5) is 14.0. The third kappa shape index (κ3) is 4.59. The molecule has 0 spiro atoms. The Balaban J connectivity index is 1.91. The van der Waals surface area contributed by atoms with Gasteiger partial charge in [-0.2, -0.15) is 0 Å². The van der Waals surface area contributed by atoms with Gasteiger partial charge in [-0.1, -0.05) is 13.8 Å². The van der Waals surface area contributed by atoms with Crippen LogP contribution in [0.4, 0.5) is 4.79 Å². The first kappa shape index (κ1) is 17.5. The van der Waals surface area contributed by atoms with Crippen molar-refractivity contribution in [3.63, 3.8) is 0 Å². The summed E-state index contributed by atoms with van der Waals surface area (Å²) < 4.78 is 11.1. The Morgan fingerprint density at radius 2 is 1.95 bits per heavy atom. The lowest BCUT2D eigenvalue weighted by molar-refractivity contribution is 0.0252. The molecule has 1 saturated heterocycles. The SMILES string of the molecule is CO[C@H]1CN(C(=O)OC(C)(C)C)CC1NC1CCC(C)(C)C1. The van der Waals surface area contributed by atoms with Gasteiger partial charge in [-0.3, -0.25) is 0 Å². The Labute approximate surface area is 134 Å². The van der Waals surface area contributed by atoms with Crippen molar-refractivity contribution in [3.05, 3.63) is 0 Å². The van der Waals surface area contributed by atoms with Crippen LogP contribution < -0.4 is 5.32 Å². The van der Waals surface area contributed by atoms with Gasteiger partial charge in [0.05, 0.1) is 18.7 Å². The summed E-state index contributed by atoms with van der Waals surface area (Å²) >= 11 is 0. The van der Waals surface area contributed by atoms with Gasteiger partial charge in [-0.25, -0.2) is 4.79 Å². The van der Waals surface area contributed by atoms with Gasteiger partial charge in [0.15, 0.2) is 0 Å². The van der Waals surface area contributed by atoms with E-state index in [2.05, 4.69) is 19.2 Å². The van der Waals surface area contributed by atoms with Crippen molar-refractivity contribution in [1.29, 1.82) is 0 Å². The Hall–Kier alpha value is -0.810. The highest BCUT2D eigenvalue weighted by Gasteiger charge is 2.40. The number of rotatable bonds is 3. The summed E-state index contributed by atoms with van der Waals surface area (Å²) in [6.07, 6.45) is 3.44. The van der Waals surface area contributed by atoms with Gasteiger partial charge in [-0.15, -0.1) is 0 Å². The number of nitrogens with zero attached hydrogens (tertiary/aromatic N) is 1. The van der Waals surface area contributed by atoms with E-state index < -0.39 is 5.60 Å². The quantitative estimate of drug-likeness (QED) is 0.870. The molecule has 1 aliphatic heterocycles. The number of likely N-dealkylation sites (tertiary alicyclic amines) is 1. The minimum atomic E-state index is -0.458. The van der Waals surface area contributed by atoms with Crippen LogP contribution in [-0.2, 0) is 9.47 Å². The molecule has 2 fully saturated rings. The van der Waals surface area contributed by atoms with Crippen LogP contribution in [0.5, 0.6) is 0 Å². The number of hydrogen-bond donors (Lipinski definition) is 1. The second-order valence-corrected chi connectivity index (χ2v) is 8.54. The molecule has 22 heavy (non-hydrogen) atoms. The number of carbonyl (C=O) groups is 1. The van der Waals surface area contributed by atoms with Crippen LogP contribution in [0.1, 0.15) is 53.9 Å². The second kappa shape index (κ2) is 6.36. The molecule has 1 saturated carbocycles. The Morgan fingerprint density at radius 3 is 2.45 bits per heavy atom. The molecule has 1 N–H and O–H groups in total. The summed E-state index contributed by atoms with van der Waals surface area (Å²) in [5.41, 5.74) is -0.0374. The molecule has 2 unspecified atom stereocenters. The van der Waals surface area contributed by atoms with Gasteiger partial charge in [0.1, 0.15) is 5.60 Å². The highest BCUT2D eigenvalue weighted by molar-refractivity contribution is 5.68. The molecule has 5 heteroatoms. The molecule has 2 rings (SSSR count). The summed E-state index contributed by atoms with van der Waals surface area (Å²) in [6.45, 7) is 11.6. The van der Waals surface area contributed by atoms with Gasteiger partial charge in [-0.05, 0) is 45.4 Å². The predicted molar refractivity (Wildman–Crippen MR) is 86.9 cm³/mol. The minimum Gasteiger partial charge on any atom is -0.444 e. The van der Waals surface area contributed by atoms with Crippen LogP contribution in [-0.4, -0.2) is 55.0 Å². The van der Waals surface area contributed by atoms with Crippen LogP contribution in [0.3, 0.4) is 0 Å². The average molecular weight is 312 g/mol. The first-order chi connectivity index (χ1) is 10.1. The lowest BCUT2D eigenvalue weighted by atomic mass is 9.92. The topological polar surface area (TPSA) is 50.8 Å². The lowest BCUT2D eigenvalue weighted by Gasteiger charge is -2.25. The normalized spacial score (nSPS) is 31.5. The van der Waals surface area contributed by atoms with E-state index in [0.29, 0.717) is 24.5 Å². The number of amides is 1. The van der Waals surface area contributed by atoms with Crippen LogP contribution >= 0.6 is 0 Å². The minimum absolute atomic E-state index is 0.0382. The number of nitrogens with one attached hydrogen (secondary N) is 1. The zero-order valence-electron chi connectivity index (χ0n) is 14.9. The molecule has 5 nitrogen and oxygen atoms in total. The smallest absolute Gasteiger partial charge is 0.410 e. The molecule has 0 aromatic heterocycles. The van der Waals surface area contributed by atoms with Gasteiger partial charge in [0.2, 0.25) is 0 Å². The van der Waals surface area contributed by atoms with E-state index in [-0.39, 0.29) is 18.2 Å². The van der Waals surface area contributed by atoms with E-state index in [0.717, 1.165) is 0 Å². The monoisotopic (exact) mass is 312 g/mol. The van der Waals surface area contributed by atoms with Crippen molar-refractivity contribution >= 4 is 6.09 Å². The van der Waals surface area contributed by atoms with Gasteiger partial charge in [0, 0.05) is 19.7 Å². The fourth-order valence-electron chi connectivity index (χ4n) is 3.53. The zero-order chi connectivity index (χ0) is 16.5. The Morgan fingerprint density at radius 1 is 1.27 bits per heavy atom. The largest absolute Gasteiger partial charge is 0.444 e. The fraction of sp³-hybridized carbons (Fsp3) is 0.941. The Bertz CT molecular complexity index is 403. The van der Waals surface area contributed by atoms with Crippen molar-refractivity contribution in [2.45, 2.75) is 77.7 Å². The first-order valence-electron chi connectivity index (χ1n) is 8.36. The zero-order valence-corrected chi connectivity index (χ0v) is 14.9. The summed E-state index contributed by atoms with van der Waals surface area (Å²) in [7, 11) is 1.72. The second-order valence-electron chi connectivity index (χ2n) is 8.54. The van der Waals surface area contributed by atoms with Gasteiger partial charge < -0.3 is 19.7 Å².